The maximum atomic E-state index is 6.19. The van der Waals surface area contributed by atoms with Crippen molar-refractivity contribution in [2.75, 3.05) is 18.0 Å². The predicted molar refractivity (Wildman–Crippen MR) is 71.1 cm³/mol. The average molecular weight is 266 g/mol. The molecule has 1 aliphatic rings. The topological polar surface area (TPSA) is 46.3 Å². The van der Waals surface area contributed by atoms with E-state index < -0.39 is 0 Å². The fraction of sp³-hybridized carbons (Fsp3) is 0.583. The summed E-state index contributed by atoms with van der Waals surface area (Å²) in [6.07, 6.45) is 4.01. The third kappa shape index (κ3) is 1.82. The van der Waals surface area contributed by atoms with Gasteiger partial charge in [0.1, 0.15) is 17.3 Å². The number of halogens is 1. The minimum Gasteiger partial charge on any atom is -0.356 e. The summed E-state index contributed by atoms with van der Waals surface area (Å²) in [6, 6.07) is 0. The van der Waals surface area contributed by atoms with Crippen molar-refractivity contribution in [1.29, 1.82) is 0 Å². The number of nitrogens with zero attached hydrogens (tertiary/aromatic N) is 5. The minimum absolute atomic E-state index is 0.517. The Morgan fingerprint density at radius 1 is 1.44 bits per heavy atom. The molecule has 1 saturated heterocycles. The lowest BCUT2D eigenvalue weighted by Gasteiger charge is -2.33. The zero-order chi connectivity index (χ0) is 12.7. The molecule has 6 heteroatoms. The van der Waals surface area contributed by atoms with Crippen LogP contribution < -0.4 is 4.90 Å². The van der Waals surface area contributed by atoms with Crippen molar-refractivity contribution in [3.05, 3.63) is 17.0 Å². The van der Waals surface area contributed by atoms with Gasteiger partial charge in [0.2, 0.25) is 0 Å². The van der Waals surface area contributed by atoms with Crippen molar-refractivity contribution in [3.63, 3.8) is 0 Å². The van der Waals surface area contributed by atoms with Crippen molar-refractivity contribution in [3.8, 4) is 0 Å². The van der Waals surface area contributed by atoms with Crippen LogP contribution in [0.3, 0.4) is 0 Å². The van der Waals surface area contributed by atoms with Crippen LogP contribution in [0.2, 0.25) is 5.15 Å². The molecule has 0 saturated carbocycles. The molecule has 18 heavy (non-hydrogen) atoms. The van der Waals surface area contributed by atoms with E-state index in [0.717, 1.165) is 24.5 Å². The van der Waals surface area contributed by atoms with E-state index in [2.05, 4.69) is 26.9 Å². The molecule has 0 aromatic carbocycles. The molecule has 0 radical (unpaired) electrons. The Morgan fingerprint density at radius 3 is 3.06 bits per heavy atom. The summed E-state index contributed by atoms with van der Waals surface area (Å²) < 4.78 is 1.79. The fourth-order valence-corrected chi connectivity index (χ4v) is 2.80. The first-order valence-corrected chi connectivity index (χ1v) is 6.65. The van der Waals surface area contributed by atoms with Crippen LogP contribution in [-0.4, -0.2) is 32.7 Å². The highest BCUT2D eigenvalue weighted by Crippen LogP contribution is 2.29. The molecule has 96 valence electrons. The first-order chi connectivity index (χ1) is 8.66. The average Bonchev–Trinajstić information content (AvgIpc) is 2.78. The molecule has 0 aliphatic carbocycles. The Morgan fingerprint density at radius 2 is 2.28 bits per heavy atom. The molecule has 2 aromatic rings. The van der Waals surface area contributed by atoms with Crippen molar-refractivity contribution in [1.82, 2.24) is 19.6 Å². The molecule has 3 rings (SSSR count). The maximum Gasteiger partial charge on any atom is 0.255 e. The zero-order valence-corrected chi connectivity index (χ0v) is 11.4. The molecule has 2 aromatic heterocycles. The van der Waals surface area contributed by atoms with Gasteiger partial charge in [0.25, 0.3) is 5.78 Å². The molecule has 0 spiro atoms. The monoisotopic (exact) mass is 265 g/mol. The second-order valence-electron chi connectivity index (χ2n) is 5.02. The van der Waals surface area contributed by atoms with Gasteiger partial charge in [-0.15, -0.1) is 0 Å². The van der Waals surface area contributed by atoms with Gasteiger partial charge in [-0.1, -0.05) is 18.5 Å². The first-order valence-electron chi connectivity index (χ1n) is 6.27. The van der Waals surface area contributed by atoms with Gasteiger partial charge < -0.3 is 4.90 Å². The fourth-order valence-electron chi connectivity index (χ4n) is 2.64. The van der Waals surface area contributed by atoms with E-state index in [1.165, 1.54) is 19.2 Å². The van der Waals surface area contributed by atoms with Crippen LogP contribution in [0.25, 0.3) is 5.78 Å². The number of hydrogen-bond acceptors (Lipinski definition) is 4. The van der Waals surface area contributed by atoms with Crippen molar-refractivity contribution < 1.29 is 0 Å². The number of fused-ring (bicyclic) bond motifs is 1. The van der Waals surface area contributed by atoms with Crippen molar-refractivity contribution in [2.45, 2.75) is 26.7 Å². The molecule has 1 aliphatic heterocycles. The molecule has 3 heterocycles. The molecule has 0 bridgehead atoms. The third-order valence-corrected chi connectivity index (χ3v) is 3.90. The normalized spacial score (nSPS) is 20.6. The molecular weight excluding hydrogens is 250 g/mol. The maximum absolute atomic E-state index is 6.19. The highest BCUT2D eigenvalue weighted by molar-refractivity contribution is 6.30. The summed E-state index contributed by atoms with van der Waals surface area (Å²) in [5.41, 5.74) is 0.976. The van der Waals surface area contributed by atoms with E-state index in [4.69, 9.17) is 11.6 Å². The summed E-state index contributed by atoms with van der Waals surface area (Å²) >= 11 is 6.19. The van der Waals surface area contributed by atoms with E-state index >= 15 is 0 Å². The standard InChI is InChI=1S/C12H16ClN5/c1-8-4-3-5-17(6-8)11-9(2)10(13)16-12-14-7-15-18(11)12/h7-8H,3-6H2,1-2H3. The number of anilines is 1. The molecule has 5 nitrogen and oxygen atoms in total. The predicted octanol–water partition coefficient (Wildman–Crippen LogP) is 2.32. The van der Waals surface area contributed by atoms with Gasteiger partial charge in [-0.05, 0) is 25.7 Å². The number of piperidine rings is 1. The molecule has 1 atom stereocenters. The largest absolute Gasteiger partial charge is 0.356 e. The Balaban J connectivity index is 2.14. The van der Waals surface area contributed by atoms with Gasteiger partial charge in [0, 0.05) is 18.7 Å². The van der Waals surface area contributed by atoms with Gasteiger partial charge in [-0.2, -0.15) is 19.6 Å². The van der Waals surface area contributed by atoms with Gasteiger partial charge in [-0.3, -0.25) is 0 Å². The van der Waals surface area contributed by atoms with E-state index in [0.29, 0.717) is 16.8 Å². The zero-order valence-electron chi connectivity index (χ0n) is 10.6. The number of hydrogen-bond donors (Lipinski definition) is 0. The van der Waals surface area contributed by atoms with Crippen LogP contribution in [0.4, 0.5) is 5.82 Å². The van der Waals surface area contributed by atoms with Crippen LogP contribution in [0, 0.1) is 12.8 Å². The Kier molecular flexibility index (Phi) is 2.86. The van der Waals surface area contributed by atoms with Gasteiger partial charge in [0.15, 0.2) is 0 Å². The van der Waals surface area contributed by atoms with E-state index in [-0.39, 0.29) is 0 Å². The highest BCUT2D eigenvalue weighted by atomic mass is 35.5. The van der Waals surface area contributed by atoms with Crippen LogP contribution >= 0.6 is 11.6 Å². The smallest absolute Gasteiger partial charge is 0.255 e. The van der Waals surface area contributed by atoms with Crippen molar-refractivity contribution >= 4 is 23.2 Å². The molecule has 0 N–H and O–H groups in total. The summed E-state index contributed by atoms with van der Waals surface area (Å²) in [4.78, 5) is 10.7. The summed E-state index contributed by atoms with van der Waals surface area (Å²) in [5.74, 6) is 2.30. The highest BCUT2D eigenvalue weighted by Gasteiger charge is 2.22. The van der Waals surface area contributed by atoms with Crippen LogP contribution in [0.15, 0.2) is 6.33 Å². The Bertz CT molecular complexity index is 579. The quantitative estimate of drug-likeness (QED) is 0.743. The lowest BCUT2D eigenvalue weighted by molar-refractivity contribution is 0.442. The Hall–Kier alpha value is -1.36. The number of rotatable bonds is 1. The first kappa shape index (κ1) is 11.7. The number of aromatic nitrogens is 4. The second-order valence-corrected chi connectivity index (χ2v) is 5.37. The van der Waals surface area contributed by atoms with Gasteiger partial charge in [0.05, 0.1) is 0 Å². The molecule has 1 fully saturated rings. The van der Waals surface area contributed by atoms with Gasteiger partial charge >= 0.3 is 0 Å². The van der Waals surface area contributed by atoms with Crippen molar-refractivity contribution in [2.24, 2.45) is 5.92 Å². The van der Waals surface area contributed by atoms with Crippen LogP contribution in [0.1, 0.15) is 25.3 Å². The van der Waals surface area contributed by atoms with E-state index in [1.807, 2.05) is 6.92 Å². The summed E-state index contributed by atoms with van der Waals surface area (Å²) in [5, 5.41) is 4.78. The molecule has 1 unspecified atom stereocenters. The van der Waals surface area contributed by atoms with E-state index in [1.54, 1.807) is 4.52 Å². The van der Waals surface area contributed by atoms with Crippen LogP contribution in [-0.2, 0) is 0 Å². The Labute approximate surface area is 111 Å². The van der Waals surface area contributed by atoms with Gasteiger partial charge in [-0.25, -0.2) is 0 Å². The SMILES string of the molecule is Cc1c(Cl)nc2ncnn2c1N1CCCC(C)C1. The summed E-state index contributed by atoms with van der Waals surface area (Å²) in [7, 11) is 0. The minimum atomic E-state index is 0.517. The summed E-state index contributed by atoms with van der Waals surface area (Å²) in [6.45, 7) is 6.35. The third-order valence-electron chi connectivity index (χ3n) is 3.53. The lowest BCUT2D eigenvalue weighted by Crippen LogP contribution is -2.36. The second kappa shape index (κ2) is 4.39. The van der Waals surface area contributed by atoms with Crippen LogP contribution in [0.5, 0.6) is 0 Å². The van der Waals surface area contributed by atoms with E-state index in [9.17, 15) is 0 Å². The molecule has 0 amide bonds. The lowest BCUT2D eigenvalue weighted by atomic mass is 10.00. The molecular formula is C12H16ClN5.